The minimum absolute atomic E-state index is 0.153. The Morgan fingerprint density at radius 2 is 1.96 bits per heavy atom. The van der Waals surface area contributed by atoms with Gasteiger partial charge >= 0.3 is 0 Å². The lowest BCUT2D eigenvalue weighted by molar-refractivity contribution is -0.116. The lowest BCUT2D eigenvalue weighted by Gasteiger charge is -2.11. The average Bonchev–Trinajstić information content (AvgIpc) is 3.06. The Bertz CT molecular complexity index is 999. The summed E-state index contributed by atoms with van der Waals surface area (Å²) in [5.74, 6) is 1.35. The van der Waals surface area contributed by atoms with Crippen LogP contribution in [0.25, 0.3) is 16.5 Å². The van der Waals surface area contributed by atoms with E-state index in [2.05, 4.69) is 5.32 Å². The Labute approximate surface area is 164 Å². The number of nitrogens with one attached hydrogen (secondary N) is 1. The Morgan fingerprint density at radius 1 is 1.21 bits per heavy atom. The molecule has 0 saturated carbocycles. The monoisotopic (exact) mass is 379 g/mol. The molecule has 1 heterocycles. The van der Waals surface area contributed by atoms with E-state index < -0.39 is 0 Å². The van der Waals surface area contributed by atoms with Crippen molar-refractivity contribution in [1.29, 1.82) is 0 Å². The van der Waals surface area contributed by atoms with Crippen molar-refractivity contribution in [2.75, 3.05) is 13.7 Å². The third-order valence-corrected chi connectivity index (χ3v) is 4.57. The predicted molar refractivity (Wildman–Crippen MR) is 111 cm³/mol. The van der Waals surface area contributed by atoms with E-state index in [1.54, 1.807) is 19.4 Å². The largest absolute Gasteiger partial charge is 0.497 e. The minimum Gasteiger partial charge on any atom is -0.497 e. The van der Waals surface area contributed by atoms with Crippen LogP contribution in [0.2, 0.25) is 0 Å². The van der Waals surface area contributed by atoms with Crippen molar-refractivity contribution >= 4 is 22.4 Å². The Kier molecular flexibility index (Phi) is 6.04. The van der Waals surface area contributed by atoms with Crippen LogP contribution in [-0.4, -0.2) is 19.6 Å². The number of hydrogen-bond donors (Lipinski definition) is 1. The quantitative estimate of drug-likeness (QED) is 0.595. The van der Waals surface area contributed by atoms with Crippen molar-refractivity contribution in [2.24, 2.45) is 0 Å². The van der Waals surface area contributed by atoms with Crippen molar-refractivity contribution < 1.29 is 18.7 Å². The summed E-state index contributed by atoms with van der Waals surface area (Å²) < 4.78 is 16.5. The number of allylic oxidation sites excluding steroid dienone is 1. The first kappa shape index (κ1) is 19.5. The molecular weight excluding hydrogens is 354 g/mol. The highest BCUT2D eigenvalue weighted by Crippen LogP contribution is 2.33. The number of benzene rings is 2. The summed E-state index contributed by atoms with van der Waals surface area (Å²) in [4.78, 5) is 12.4. The zero-order valence-corrected chi connectivity index (χ0v) is 16.7. The van der Waals surface area contributed by atoms with Gasteiger partial charge in [-0.1, -0.05) is 12.1 Å². The third-order valence-electron chi connectivity index (χ3n) is 4.57. The summed E-state index contributed by atoms with van der Waals surface area (Å²) in [6.07, 6.45) is 3.33. The highest BCUT2D eigenvalue weighted by molar-refractivity contribution is 5.97. The molecule has 0 saturated heterocycles. The highest BCUT2D eigenvalue weighted by atomic mass is 16.5. The fourth-order valence-electron chi connectivity index (χ4n) is 3.02. The fourth-order valence-corrected chi connectivity index (χ4v) is 3.02. The standard InChI is InChI=1S/C23H25NO4/c1-5-27-21-12-22-20(16(3)14-28-22)11-19(21)15(2)10-23(25)24-13-17-6-8-18(26-4)9-7-17/h6-12,14H,5,13H2,1-4H3,(H,24,25)/b15-10+. The lowest BCUT2D eigenvalue weighted by atomic mass is 10.0. The molecule has 3 rings (SSSR count). The van der Waals surface area contributed by atoms with Crippen LogP contribution >= 0.6 is 0 Å². The summed E-state index contributed by atoms with van der Waals surface area (Å²) in [7, 11) is 1.63. The predicted octanol–water partition coefficient (Wildman–Crippen LogP) is 4.87. The Hall–Kier alpha value is -3.21. The number of amides is 1. The third kappa shape index (κ3) is 4.36. The van der Waals surface area contributed by atoms with Crippen molar-refractivity contribution in [3.63, 3.8) is 0 Å². The van der Waals surface area contributed by atoms with Gasteiger partial charge in [0.25, 0.3) is 0 Å². The molecule has 0 bridgehead atoms. The second-order valence-corrected chi connectivity index (χ2v) is 6.59. The van der Waals surface area contributed by atoms with Gasteiger partial charge in [0, 0.05) is 29.6 Å². The van der Waals surface area contributed by atoms with Crippen molar-refractivity contribution in [3.05, 3.63) is 65.4 Å². The van der Waals surface area contributed by atoms with E-state index in [9.17, 15) is 4.79 Å². The maximum Gasteiger partial charge on any atom is 0.244 e. The van der Waals surface area contributed by atoms with Crippen LogP contribution in [-0.2, 0) is 11.3 Å². The highest BCUT2D eigenvalue weighted by Gasteiger charge is 2.13. The number of fused-ring (bicyclic) bond motifs is 1. The van der Waals surface area contributed by atoms with E-state index in [-0.39, 0.29) is 5.91 Å². The maximum atomic E-state index is 12.4. The van der Waals surface area contributed by atoms with Gasteiger partial charge in [-0.3, -0.25) is 4.79 Å². The molecule has 0 aliphatic heterocycles. The van der Waals surface area contributed by atoms with Crippen LogP contribution < -0.4 is 14.8 Å². The number of furan rings is 1. The van der Waals surface area contributed by atoms with Crippen LogP contribution in [0.3, 0.4) is 0 Å². The first-order chi connectivity index (χ1) is 13.5. The minimum atomic E-state index is -0.153. The molecule has 0 radical (unpaired) electrons. The van der Waals surface area contributed by atoms with Crippen molar-refractivity contribution in [3.8, 4) is 11.5 Å². The topological polar surface area (TPSA) is 60.7 Å². The SMILES string of the molecule is CCOc1cc2occ(C)c2cc1/C(C)=C/C(=O)NCc1ccc(OC)cc1. The molecule has 146 valence electrons. The van der Waals surface area contributed by atoms with Crippen LogP contribution in [0.5, 0.6) is 11.5 Å². The Morgan fingerprint density at radius 3 is 2.64 bits per heavy atom. The van der Waals surface area contributed by atoms with Crippen LogP contribution in [0.1, 0.15) is 30.5 Å². The van der Waals surface area contributed by atoms with Gasteiger partial charge in [0.2, 0.25) is 5.91 Å². The molecule has 0 aliphatic rings. The Balaban J connectivity index is 1.78. The molecule has 3 aromatic rings. The second kappa shape index (κ2) is 8.65. The summed E-state index contributed by atoms with van der Waals surface area (Å²) in [5, 5.41) is 3.94. The fraction of sp³-hybridized carbons (Fsp3) is 0.261. The zero-order valence-electron chi connectivity index (χ0n) is 16.7. The molecule has 0 unspecified atom stereocenters. The first-order valence-corrected chi connectivity index (χ1v) is 9.26. The maximum absolute atomic E-state index is 12.4. The number of rotatable bonds is 7. The van der Waals surface area contributed by atoms with E-state index >= 15 is 0 Å². The van der Waals surface area contributed by atoms with E-state index in [1.165, 1.54) is 0 Å². The van der Waals surface area contributed by atoms with Gasteiger partial charge in [-0.25, -0.2) is 0 Å². The summed E-state index contributed by atoms with van der Waals surface area (Å²) in [6, 6.07) is 11.5. The molecule has 28 heavy (non-hydrogen) atoms. The average molecular weight is 379 g/mol. The van der Waals surface area contributed by atoms with Gasteiger partial charge in [0.1, 0.15) is 17.1 Å². The van der Waals surface area contributed by atoms with E-state index in [0.29, 0.717) is 18.9 Å². The van der Waals surface area contributed by atoms with E-state index in [1.807, 2.05) is 57.2 Å². The van der Waals surface area contributed by atoms with Crippen LogP contribution in [0, 0.1) is 6.92 Å². The normalized spacial score (nSPS) is 11.5. The first-order valence-electron chi connectivity index (χ1n) is 9.26. The van der Waals surface area contributed by atoms with Gasteiger partial charge in [0.15, 0.2) is 0 Å². The van der Waals surface area contributed by atoms with Gasteiger partial charge in [-0.15, -0.1) is 0 Å². The van der Waals surface area contributed by atoms with Crippen molar-refractivity contribution in [2.45, 2.75) is 27.3 Å². The molecule has 0 aliphatic carbocycles. The van der Waals surface area contributed by atoms with Gasteiger partial charge < -0.3 is 19.2 Å². The molecule has 2 aromatic carbocycles. The molecule has 0 spiro atoms. The molecule has 1 aromatic heterocycles. The summed E-state index contributed by atoms with van der Waals surface area (Å²) in [5.41, 5.74) is 4.56. The van der Waals surface area contributed by atoms with Gasteiger partial charge in [-0.05, 0) is 55.7 Å². The van der Waals surface area contributed by atoms with E-state index in [0.717, 1.165) is 39.0 Å². The summed E-state index contributed by atoms with van der Waals surface area (Å²) >= 11 is 0. The lowest BCUT2D eigenvalue weighted by Crippen LogP contribution is -2.20. The number of carbonyl (C=O) groups is 1. The molecular formula is C23H25NO4. The number of methoxy groups -OCH3 is 1. The van der Waals surface area contributed by atoms with E-state index in [4.69, 9.17) is 13.9 Å². The molecule has 5 heteroatoms. The van der Waals surface area contributed by atoms with Crippen LogP contribution in [0.15, 0.2) is 53.2 Å². The molecule has 0 fully saturated rings. The number of carbonyl (C=O) groups excluding carboxylic acids is 1. The van der Waals surface area contributed by atoms with Gasteiger partial charge in [-0.2, -0.15) is 0 Å². The second-order valence-electron chi connectivity index (χ2n) is 6.59. The zero-order chi connectivity index (χ0) is 20.1. The number of aryl methyl sites for hydroxylation is 1. The molecule has 5 nitrogen and oxygen atoms in total. The van der Waals surface area contributed by atoms with Crippen LogP contribution in [0.4, 0.5) is 0 Å². The smallest absolute Gasteiger partial charge is 0.244 e. The summed E-state index contributed by atoms with van der Waals surface area (Å²) in [6.45, 7) is 6.82. The number of ether oxygens (including phenoxy) is 2. The molecule has 1 amide bonds. The molecule has 0 atom stereocenters. The van der Waals surface area contributed by atoms with Gasteiger partial charge in [0.05, 0.1) is 20.0 Å². The number of hydrogen-bond acceptors (Lipinski definition) is 4. The molecule has 1 N–H and O–H groups in total. The van der Waals surface area contributed by atoms with Crippen molar-refractivity contribution in [1.82, 2.24) is 5.32 Å².